The molecular weight excluding hydrogens is 371 g/mol. The number of amides is 2. The lowest BCUT2D eigenvalue weighted by Crippen LogP contribution is -2.32. The van der Waals surface area contributed by atoms with Crippen molar-refractivity contribution in [3.8, 4) is 0 Å². The molecule has 1 N–H and O–H groups in total. The molecule has 4 nitrogen and oxygen atoms in total. The van der Waals surface area contributed by atoms with Crippen molar-refractivity contribution in [1.82, 2.24) is 0 Å². The molecule has 0 aliphatic carbocycles. The molecule has 0 bridgehead atoms. The molecule has 2 aromatic carbocycles. The molecular formula is C17H11Cl3N2O2. The molecule has 2 amide bonds. The summed E-state index contributed by atoms with van der Waals surface area (Å²) in [5.41, 5.74) is 1.82. The van der Waals surface area contributed by atoms with Gasteiger partial charge in [-0.3, -0.25) is 9.59 Å². The number of nitrogens with zero attached hydrogens (tertiary/aromatic N) is 1. The lowest BCUT2D eigenvalue weighted by Gasteiger charge is -2.15. The van der Waals surface area contributed by atoms with Crippen LogP contribution in [-0.2, 0) is 9.59 Å². The van der Waals surface area contributed by atoms with E-state index < -0.39 is 11.8 Å². The number of hydrogen-bond acceptors (Lipinski definition) is 3. The largest absolute Gasteiger partial charge is 0.349 e. The molecule has 0 saturated heterocycles. The summed E-state index contributed by atoms with van der Waals surface area (Å²) in [7, 11) is 0. The minimum Gasteiger partial charge on any atom is -0.349 e. The monoisotopic (exact) mass is 380 g/mol. The number of hydrogen-bond donors (Lipinski definition) is 1. The molecule has 7 heteroatoms. The molecule has 0 atom stereocenters. The van der Waals surface area contributed by atoms with Gasteiger partial charge < -0.3 is 5.32 Å². The van der Waals surface area contributed by atoms with Crippen LogP contribution in [0.1, 0.15) is 5.56 Å². The summed E-state index contributed by atoms with van der Waals surface area (Å²) >= 11 is 18.0. The maximum atomic E-state index is 12.7. The molecule has 122 valence electrons. The van der Waals surface area contributed by atoms with Crippen LogP contribution in [-0.4, -0.2) is 11.8 Å². The van der Waals surface area contributed by atoms with Crippen molar-refractivity contribution in [2.24, 2.45) is 0 Å². The van der Waals surface area contributed by atoms with Gasteiger partial charge in [0.15, 0.2) is 0 Å². The number of nitrogens with one attached hydrogen (secondary N) is 1. The molecule has 0 aromatic heterocycles. The van der Waals surface area contributed by atoms with Gasteiger partial charge in [0.1, 0.15) is 10.7 Å². The third-order valence-corrected chi connectivity index (χ3v) is 4.37. The number of imide groups is 1. The Hall–Kier alpha value is -2.01. The van der Waals surface area contributed by atoms with Crippen LogP contribution in [0.3, 0.4) is 0 Å². The van der Waals surface area contributed by atoms with E-state index in [9.17, 15) is 9.59 Å². The Morgan fingerprint density at radius 3 is 2.33 bits per heavy atom. The number of aryl methyl sites for hydroxylation is 1. The van der Waals surface area contributed by atoms with E-state index in [4.69, 9.17) is 34.8 Å². The van der Waals surface area contributed by atoms with Crippen LogP contribution in [0.4, 0.5) is 11.4 Å². The topological polar surface area (TPSA) is 49.4 Å². The van der Waals surface area contributed by atoms with Crippen LogP contribution in [0.15, 0.2) is 53.2 Å². The van der Waals surface area contributed by atoms with Crippen LogP contribution in [0.25, 0.3) is 0 Å². The van der Waals surface area contributed by atoms with Gasteiger partial charge in [-0.1, -0.05) is 46.9 Å². The zero-order valence-corrected chi connectivity index (χ0v) is 14.7. The van der Waals surface area contributed by atoms with Gasteiger partial charge in [-0.15, -0.1) is 0 Å². The highest BCUT2D eigenvalue weighted by Crippen LogP contribution is 2.32. The van der Waals surface area contributed by atoms with Crippen LogP contribution in [0.2, 0.25) is 10.0 Å². The minimum absolute atomic E-state index is 0.00649. The molecule has 0 fully saturated rings. The number of benzene rings is 2. The van der Waals surface area contributed by atoms with E-state index in [1.54, 1.807) is 36.4 Å². The maximum absolute atomic E-state index is 12.7. The number of rotatable bonds is 3. The third-order valence-electron chi connectivity index (χ3n) is 3.55. The van der Waals surface area contributed by atoms with Crippen molar-refractivity contribution in [1.29, 1.82) is 0 Å². The van der Waals surface area contributed by atoms with Crippen LogP contribution < -0.4 is 10.2 Å². The Morgan fingerprint density at radius 1 is 0.917 bits per heavy atom. The highest BCUT2D eigenvalue weighted by atomic mass is 35.5. The summed E-state index contributed by atoms with van der Waals surface area (Å²) < 4.78 is 0. The smallest absolute Gasteiger partial charge is 0.283 e. The Balaban J connectivity index is 1.96. The lowest BCUT2D eigenvalue weighted by molar-refractivity contribution is -0.120. The van der Waals surface area contributed by atoms with Gasteiger partial charge >= 0.3 is 0 Å². The number of carbonyl (C=O) groups is 2. The van der Waals surface area contributed by atoms with E-state index in [1.807, 2.05) is 6.92 Å². The lowest BCUT2D eigenvalue weighted by atomic mass is 10.2. The fourth-order valence-corrected chi connectivity index (χ4v) is 2.89. The second kappa shape index (κ2) is 6.48. The molecule has 0 spiro atoms. The van der Waals surface area contributed by atoms with Crippen LogP contribution in [0.5, 0.6) is 0 Å². The fourth-order valence-electron chi connectivity index (χ4n) is 2.32. The van der Waals surface area contributed by atoms with Crippen molar-refractivity contribution in [2.45, 2.75) is 6.92 Å². The first-order valence-corrected chi connectivity index (χ1v) is 8.09. The Labute approximate surface area is 153 Å². The summed E-state index contributed by atoms with van der Waals surface area (Å²) in [6, 6.07) is 11.6. The summed E-state index contributed by atoms with van der Waals surface area (Å²) in [5.74, 6) is -1.15. The predicted molar refractivity (Wildman–Crippen MR) is 96.6 cm³/mol. The van der Waals surface area contributed by atoms with Crippen LogP contribution in [0, 0.1) is 6.92 Å². The second-order valence-electron chi connectivity index (χ2n) is 5.20. The van der Waals surface area contributed by atoms with Crippen molar-refractivity contribution in [2.75, 3.05) is 10.2 Å². The summed E-state index contributed by atoms with van der Waals surface area (Å²) in [4.78, 5) is 26.0. The molecule has 1 heterocycles. The maximum Gasteiger partial charge on any atom is 0.283 e. The Bertz CT molecular complexity index is 893. The normalized spacial score (nSPS) is 14.6. The quantitative estimate of drug-likeness (QED) is 0.781. The van der Waals surface area contributed by atoms with E-state index >= 15 is 0 Å². The van der Waals surface area contributed by atoms with Crippen molar-refractivity contribution in [3.05, 3.63) is 68.8 Å². The summed E-state index contributed by atoms with van der Waals surface area (Å²) in [6.07, 6.45) is 0. The van der Waals surface area contributed by atoms with Gasteiger partial charge in [0.25, 0.3) is 11.8 Å². The Morgan fingerprint density at radius 2 is 1.62 bits per heavy atom. The zero-order valence-electron chi connectivity index (χ0n) is 12.4. The first-order valence-electron chi connectivity index (χ1n) is 6.96. The summed E-state index contributed by atoms with van der Waals surface area (Å²) in [5, 5.41) is 3.65. The highest BCUT2D eigenvalue weighted by Gasteiger charge is 2.39. The predicted octanol–water partition coefficient (Wildman–Crippen LogP) is 4.74. The molecule has 24 heavy (non-hydrogen) atoms. The molecule has 3 rings (SSSR count). The standard InChI is InChI=1S/C17H11Cl3N2O2/c1-9-5-6-11(19)8-13(9)21-15-14(20)16(23)22(17(15)24)12-4-2-3-10(18)7-12/h2-8,21H,1H3. The molecule has 0 unspecified atom stereocenters. The van der Waals surface area contributed by atoms with Gasteiger partial charge in [0.05, 0.1) is 5.69 Å². The minimum atomic E-state index is -0.605. The third kappa shape index (κ3) is 3.00. The second-order valence-corrected chi connectivity index (χ2v) is 6.45. The molecule has 0 saturated carbocycles. The van der Waals surface area contributed by atoms with Crippen molar-refractivity contribution in [3.63, 3.8) is 0 Å². The van der Waals surface area contributed by atoms with Gasteiger partial charge in [-0.05, 0) is 42.8 Å². The van der Waals surface area contributed by atoms with E-state index in [0.717, 1.165) is 10.5 Å². The van der Waals surface area contributed by atoms with Gasteiger partial charge in [-0.2, -0.15) is 0 Å². The summed E-state index contributed by atoms with van der Waals surface area (Å²) in [6.45, 7) is 1.85. The van der Waals surface area contributed by atoms with E-state index in [-0.39, 0.29) is 10.7 Å². The van der Waals surface area contributed by atoms with Crippen LogP contribution >= 0.6 is 34.8 Å². The fraction of sp³-hybridized carbons (Fsp3) is 0.0588. The number of carbonyl (C=O) groups excluding carboxylic acids is 2. The molecule has 0 radical (unpaired) electrons. The van der Waals surface area contributed by atoms with Gasteiger partial charge in [-0.25, -0.2) is 4.90 Å². The molecule has 1 aliphatic rings. The van der Waals surface area contributed by atoms with E-state index in [1.165, 1.54) is 6.07 Å². The van der Waals surface area contributed by atoms with E-state index in [0.29, 0.717) is 21.4 Å². The molecule has 2 aromatic rings. The SMILES string of the molecule is Cc1ccc(Cl)cc1NC1=C(Cl)C(=O)N(c2cccc(Cl)c2)C1=O. The van der Waals surface area contributed by atoms with Gasteiger partial charge in [0, 0.05) is 15.7 Å². The van der Waals surface area contributed by atoms with Crippen molar-refractivity contribution >= 4 is 58.0 Å². The first-order chi connectivity index (χ1) is 11.4. The average molecular weight is 382 g/mol. The highest BCUT2D eigenvalue weighted by molar-refractivity contribution is 6.53. The first kappa shape index (κ1) is 16.8. The number of anilines is 2. The van der Waals surface area contributed by atoms with E-state index in [2.05, 4.69) is 5.32 Å². The molecule has 1 aliphatic heterocycles. The number of halogens is 3. The van der Waals surface area contributed by atoms with Crippen molar-refractivity contribution < 1.29 is 9.59 Å². The van der Waals surface area contributed by atoms with Gasteiger partial charge in [0.2, 0.25) is 0 Å². The Kier molecular flexibility index (Phi) is 4.54. The zero-order chi connectivity index (χ0) is 17.4. The average Bonchev–Trinajstić information content (AvgIpc) is 2.74.